The third kappa shape index (κ3) is 2.94. The number of nitrogens with zero attached hydrogens (tertiary/aromatic N) is 3. The number of hydrogen-bond donors (Lipinski definition) is 1. The van der Waals surface area contributed by atoms with Crippen LogP contribution in [-0.2, 0) is 15.6 Å². The smallest absolute Gasteiger partial charge is 0.187 e. The number of hydrogen-bond acceptors (Lipinski definition) is 5. The molecule has 1 aromatic heterocycles. The van der Waals surface area contributed by atoms with Crippen molar-refractivity contribution in [1.29, 1.82) is 0 Å². The topological polar surface area (TPSA) is 90.9 Å². The molecule has 108 valence electrons. The molecule has 0 atom stereocenters. The summed E-state index contributed by atoms with van der Waals surface area (Å²) in [6.45, 7) is 3.80. The van der Waals surface area contributed by atoms with Gasteiger partial charge in [0.05, 0.1) is 10.6 Å². The summed E-state index contributed by atoms with van der Waals surface area (Å²) in [6.07, 6.45) is 1.34. The summed E-state index contributed by atoms with van der Waals surface area (Å²) in [5.74, 6) is 0.106. The molecule has 2 aromatic rings. The van der Waals surface area contributed by atoms with Crippen LogP contribution in [0.15, 0.2) is 29.4 Å². The fourth-order valence-corrected chi connectivity index (χ4v) is 3.51. The van der Waals surface area contributed by atoms with Crippen molar-refractivity contribution in [3.8, 4) is 0 Å². The zero-order valence-electron chi connectivity index (χ0n) is 11.1. The van der Waals surface area contributed by atoms with Gasteiger partial charge in [0.2, 0.25) is 0 Å². The van der Waals surface area contributed by atoms with Crippen LogP contribution in [0.1, 0.15) is 25.7 Å². The Hall–Kier alpha value is -1.60. The molecule has 1 heterocycles. The Kier molecular flexibility index (Phi) is 4.01. The molecule has 6 nitrogen and oxygen atoms in total. The Labute approximate surface area is 122 Å². The highest BCUT2D eigenvalue weighted by Gasteiger charge is 2.22. The number of sulfone groups is 1. The summed E-state index contributed by atoms with van der Waals surface area (Å²) >= 11 is 5.83. The number of nitrogens with two attached hydrogens (primary N) is 1. The molecule has 8 heteroatoms. The molecule has 2 rings (SSSR count). The lowest BCUT2D eigenvalue weighted by molar-refractivity contribution is 0.510. The Morgan fingerprint density at radius 2 is 2.10 bits per heavy atom. The van der Waals surface area contributed by atoms with E-state index in [0.29, 0.717) is 10.8 Å². The fourth-order valence-electron chi connectivity index (χ4n) is 1.83. The van der Waals surface area contributed by atoms with E-state index in [0.717, 1.165) is 0 Å². The molecule has 0 radical (unpaired) electrons. The molecule has 0 fully saturated rings. The van der Waals surface area contributed by atoms with Gasteiger partial charge in [-0.2, -0.15) is 5.10 Å². The first kappa shape index (κ1) is 14.8. The molecule has 0 spiro atoms. The predicted molar refractivity (Wildman–Crippen MR) is 77.2 cm³/mol. The van der Waals surface area contributed by atoms with Crippen molar-refractivity contribution in [3.05, 3.63) is 35.4 Å². The number of rotatable bonds is 4. The third-order valence-corrected chi connectivity index (χ3v) is 4.66. The van der Waals surface area contributed by atoms with E-state index in [2.05, 4.69) is 10.1 Å². The first-order valence-corrected chi connectivity index (χ1v) is 8.00. The van der Waals surface area contributed by atoms with E-state index < -0.39 is 9.84 Å². The number of aromatic nitrogens is 3. The summed E-state index contributed by atoms with van der Waals surface area (Å²) in [5, 5.41) is 4.34. The molecule has 0 saturated carbocycles. The molecule has 0 saturated heterocycles. The lowest BCUT2D eigenvalue weighted by Gasteiger charge is -2.11. The van der Waals surface area contributed by atoms with E-state index in [1.165, 1.54) is 18.5 Å². The summed E-state index contributed by atoms with van der Waals surface area (Å²) in [6, 6.07) is 4.40. The minimum absolute atomic E-state index is 0.0170. The second kappa shape index (κ2) is 5.41. The van der Waals surface area contributed by atoms with E-state index >= 15 is 0 Å². The zero-order chi connectivity index (χ0) is 14.9. The highest BCUT2D eigenvalue weighted by atomic mass is 35.5. The van der Waals surface area contributed by atoms with Gasteiger partial charge in [0, 0.05) is 11.1 Å². The summed E-state index contributed by atoms with van der Waals surface area (Å²) in [5.41, 5.74) is 5.89. The van der Waals surface area contributed by atoms with E-state index in [1.807, 2.05) is 13.8 Å². The highest BCUT2D eigenvalue weighted by Crippen LogP contribution is 2.25. The first-order valence-electron chi connectivity index (χ1n) is 5.97. The molecule has 0 amide bonds. The standard InChI is InChI=1S/C12H15ClN4O2S/c1-8(2)17-12(15-7-16-17)6-20(18,19)11-5-9(13)3-4-10(11)14/h3-5,7-8H,6,14H2,1-2H3. The molecule has 1 aromatic carbocycles. The van der Waals surface area contributed by atoms with Gasteiger partial charge in [0.15, 0.2) is 9.84 Å². The molecule has 0 aliphatic carbocycles. The molecular weight excluding hydrogens is 300 g/mol. The maximum absolute atomic E-state index is 12.4. The normalized spacial score (nSPS) is 12.0. The lowest BCUT2D eigenvalue weighted by Crippen LogP contribution is -2.14. The molecule has 0 aliphatic heterocycles. The van der Waals surface area contributed by atoms with Crippen molar-refractivity contribution >= 4 is 27.1 Å². The van der Waals surface area contributed by atoms with Crippen LogP contribution in [0.3, 0.4) is 0 Å². The SMILES string of the molecule is CC(C)n1ncnc1CS(=O)(=O)c1cc(Cl)ccc1N. The van der Waals surface area contributed by atoms with Crippen molar-refractivity contribution in [1.82, 2.24) is 14.8 Å². The molecule has 2 N–H and O–H groups in total. The van der Waals surface area contributed by atoms with Gasteiger partial charge in [-0.3, -0.25) is 0 Å². The number of anilines is 1. The maximum atomic E-state index is 12.4. The van der Waals surface area contributed by atoms with Gasteiger partial charge in [-0.1, -0.05) is 11.6 Å². The van der Waals surface area contributed by atoms with E-state index in [9.17, 15) is 8.42 Å². The third-order valence-electron chi connectivity index (χ3n) is 2.77. The van der Waals surface area contributed by atoms with Gasteiger partial charge >= 0.3 is 0 Å². The average Bonchev–Trinajstić information content (AvgIpc) is 2.79. The minimum atomic E-state index is -3.63. The maximum Gasteiger partial charge on any atom is 0.187 e. The minimum Gasteiger partial charge on any atom is -0.398 e. The van der Waals surface area contributed by atoms with Crippen LogP contribution in [0.4, 0.5) is 5.69 Å². The molecular formula is C12H15ClN4O2S. The quantitative estimate of drug-likeness (QED) is 0.872. The Morgan fingerprint density at radius 1 is 1.40 bits per heavy atom. The van der Waals surface area contributed by atoms with E-state index in [-0.39, 0.29) is 22.4 Å². The average molecular weight is 315 g/mol. The van der Waals surface area contributed by atoms with Crippen LogP contribution in [0.25, 0.3) is 0 Å². The van der Waals surface area contributed by atoms with Gasteiger partial charge in [-0.25, -0.2) is 18.1 Å². The Morgan fingerprint density at radius 3 is 2.75 bits per heavy atom. The van der Waals surface area contributed by atoms with Crippen molar-refractivity contribution < 1.29 is 8.42 Å². The number of halogens is 1. The second-order valence-electron chi connectivity index (χ2n) is 4.66. The van der Waals surface area contributed by atoms with Gasteiger partial charge in [0.25, 0.3) is 0 Å². The van der Waals surface area contributed by atoms with Gasteiger partial charge < -0.3 is 5.73 Å². The molecule has 20 heavy (non-hydrogen) atoms. The summed E-state index contributed by atoms with van der Waals surface area (Å²) in [4.78, 5) is 4.02. The van der Waals surface area contributed by atoms with Crippen LogP contribution in [-0.4, -0.2) is 23.2 Å². The van der Waals surface area contributed by atoms with Crippen LogP contribution in [0.2, 0.25) is 5.02 Å². The first-order chi connectivity index (χ1) is 9.31. The monoisotopic (exact) mass is 314 g/mol. The zero-order valence-corrected chi connectivity index (χ0v) is 12.7. The molecule has 0 bridgehead atoms. The van der Waals surface area contributed by atoms with Gasteiger partial charge in [-0.15, -0.1) is 0 Å². The molecule has 0 aliphatic rings. The second-order valence-corrected chi connectivity index (χ2v) is 7.05. The van der Waals surface area contributed by atoms with Crippen molar-refractivity contribution in [2.24, 2.45) is 0 Å². The van der Waals surface area contributed by atoms with Crippen LogP contribution in [0, 0.1) is 0 Å². The Balaban J connectivity index is 2.41. The van der Waals surface area contributed by atoms with Crippen molar-refractivity contribution in [2.75, 3.05) is 5.73 Å². The van der Waals surface area contributed by atoms with Gasteiger partial charge in [-0.05, 0) is 32.0 Å². The lowest BCUT2D eigenvalue weighted by atomic mass is 10.3. The predicted octanol–water partition coefficient (Wildman–Crippen LogP) is 2.07. The molecule has 0 unspecified atom stereocenters. The summed E-state index contributed by atoms with van der Waals surface area (Å²) in [7, 11) is -3.63. The number of nitrogen functional groups attached to an aromatic ring is 1. The van der Waals surface area contributed by atoms with Gasteiger partial charge in [0.1, 0.15) is 17.9 Å². The fraction of sp³-hybridized carbons (Fsp3) is 0.333. The van der Waals surface area contributed by atoms with E-state index in [4.69, 9.17) is 17.3 Å². The number of benzene rings is 1. The highest BCUT2D eigenvalue weighted by molar-refractivity contribution is 7.90. The van der Waals surface area contributed by atoms with Crippen LogP contribution < -0.4 is 5.73 Å². The van der Waals surface area contributed by atoms with E-state index in [1.54, 1.807) is 10.7 Å². The van der Waals surface area contributed by atoms with Crippen LogP contribution >= 0.6 is 11.6 Å². The van der Waals surface area contributed by atoms with Crippen molar-refractivity contribution in [2.45, 2.75) is 30.5 Å². The van der Waals surface area contributed by atoms with Crippen LogP contribution in [0.5, 0.6) is 0 Å². The van der Waals surface area contributed by atoms with Crippen molar-refractivity contribution in [3.63, 3.8) is 0 Å². The largest absolute Gasteiger partial charge is 0.398 e. The Bertz CT molecular complexity index is 725. The summed E-state index contributed by atoms with van der Waals surface area (Å²) < 4.78 is 26.4.